The Morgan fingerprint density at radius 1 is 1.19 bits per heavy atom. The number of hydrogen-bond acceptors (Lipinski definition) is 6. The molecule has 0 spiro atoms. The van der Waals surface area contributed by atoms with Gasteiger partial charge in [0.05, 0.1) is 11.7 Å². The summed E-state index contributed by atoms with van der Waals surface area (Å²) in [4.78, 5) is 1.25. The molecule has 0 N–H and O–H groups in total. The van der Waals surface area contributed by atoms with Gasteiger partial charge in [-0.1, -0.05) is 19.1 Å². The second-order valence-corrected chi connectivity index (χ2v) is 7.87. The number of benzene rings is 1. The molecule has 0 bridgehead atoms. The SMILES string of the molecule is CCN(Cc1cccs1)S(=O)(=O)c1cccc2nsnc12. The molecule has 5 nitrogen and oxygen atoms in total. The largest absolute Gasteiger partial charge is 0.245 e. The van der Waals surface area contributed by atoms with Crippen molar-refractivity contribution in [1.82, 2.24) is 13.1 Å². The maximum Gasteiger partial charge on any atom is 0.245 e. The molecule has 1 aromatic carbocycles. The van der Waals surface area contributed by atoms with Crippen molar-refractivity contribution >= 4 is 44.1 Å². The molecule has 0 atom stereocenters. The van der Waals surface area contributed by atoms with Crippen molar-refractivity contribution < 1.29 is 8.42 Å². The maximum absolute atomic E-state index is 12.9. The van der Waals surface area contributed by atoms with Crippen LogP contribution in [0.5, 0.6) is 0 Å². The summed E-state index contributed by atoms with van der Waals surface area (Å²) in [5.74, 6) is 0. The highest BCUT2D eigenvalue weighted by molar-refractivity contribution is 7.89. The molecule has 0 fully saturated rings. The van der Waals surface area contributed by atoms with Gasteiger partial charge in [-0.2, -0.15) is 13.1 Å². The van der Waals surface area contributed by atoms with Crippen molar-refractivity contribution in [1.29, 1.82) is 0 Å². The highest BCUT2D eigenvalue weighted by Gasteiger charge is 2.26. The van der Waals surface area contributed by atoms with Gasteiger partial charge in [-0.15, -0.1) is 11.3 Å². The monoisotopic (exact) mass is 339 g/mol. The van der Waals surface area contributed by atoms with Crippen LogP contribution in [0.25, 0.3) is 11.0 Å². The lowest BCUT2D eigenvalue weighted by atomic mass is 10.3. The molecule has 0 saturated heterocycles. The molecule has 21 heavy (non-hydrogen) atoms. The van der Waals surface area contributed by atoms with E-state index in [4.69, 9.17) is 0 Å². The standard InChI is InChI=1S/C13H13N3O2S3/c1-2-16(9-10-5-4-8-19-10)21(17,18)12-7-3-6-11-13(12)15-20-14-11/h3-8H,2,9H2,1H3. The van der Waals surface area contributed by atoms with E-state index >= 15 is 0 Å². The first-order chi connectivity index (χ1) is 10.1. The Bertz CT molecular complexity index is 841. The van der Waals surface area contributed by atoms with Crippen LogP contribution in [0, 0.1) is 0 Å². The number of fused-ring (bicyclic) bond motifs is 1. The summed E-state index contributed by atoms with van der Waals surface area (Å²) in [5.41, 5.74) is 1.07. The van der Waals surface area contributed by atoms with Gasteiger partial charge in [0.25, 0.3) is 0 Å². The summed E-state index contributed by atoms with van der Waals surface area (Å²) in [6.07, 6.45) is 0. The Balaban J connectivity index is 2.04. The van der Waals surface area contributed by atoms with E-state index in [0.717, 1.165) is 16.6 Å². The second-order valence-electron chi connectivity index (χ2n) is 4.40. The molecular weight excluding hydrogens is 326 g/mol. The lowest BCUT2D eigenvalue weighted by Gasteiger charge is -2.19. The minimum absolute atomic E-state index is 0.229. The lowest BCUT2D eigenvalue weighted by molar-refractivity contribution is 0.427. The van der Waals surface area contributed by atoms with Gasteiger partial charge in [0.2, 0.25) is 10.0 Å². The quantitative estimate of drug-likeness (QED) is 0.717. The summed E-state index contributed by atoms with van der Waals surface area (Å²) in [6.45, 7) is 2.63. The van der Waals surface area contributed by atoms with Gasteiger partial charge in [-0.3, -0.25) is 0 Å². The van der Waals surface area contributed by atoms with Crippen LogP contribution < -0.4 is 0 Å². The number of thiophene rings is 1. The van der Waals surface area contributed by atoms with Crippen LogP contribution in [0.1, 0.15) is 11.8 Å². The normalized spacial score (nSPS) is 12.3. The van der Waals surface area contributed by atoms with E-state index in [0.29, 0.717) is 24.1 Å². The average molecular weight is 339 g/mol. The van der Waals surface area contributed by atoms with E-state index in [9.17, 15) is 8.42 Å². The van der Waals surface area contributed by atoms with E-state index in [2.05, 4.69) is 8.75 Å². The lowest BCUT2D eigenvalue weighted by Crippen LogP contribution is -2.30. The van der Waals surface area contributed by atoms with Crippen LogP contribution >= 0.6 is 23.1 Å². The molecular formula is C13H13N3O2S3. The van der Waals surface area contributed by atoms with E-state index in [1.165, 1.54) is 4.31 Å². The maximum atomic E-state index is 12.9. The zero-order valence-corrected chi connectivity index (χ0v) is 13.7. The number of sulfonamides is 1. The summed E-state index contributed by atoms with van der Waals surface area (Å²) >= 11 is 2.58. The zero-order valence-electron chi connectivity index (χ0n) is 11.3. The molecule has 0 aliphatic rings. The Morgan fingerprint density at radius 3 is 2.76 bits per heavy atom. The molecule has 2 heterocycles. The third-order valence-corrected chi connectivity index (χ3v) is 6.49. The molecule has 0 radical (unpaired) electrons. The number of aromatic nitrogens is 2. The van der Waals surface area contributed by atoms with Crippen molar-refractivity contribution in [2.45, 2.75) is 18.4 Å². The minimum Gasteiger partial charge on any atom is -0.207 e. The molecule has 3 rings (SSSR count). The van der Waals surface area contributed by atoms with Crippen molar-refractivity contribution in [2.75, 3.05) is 6.54 Å². The molecule has 0 saturated carbocycles. The van der Waals surface area contributed by atoms with Gasteiger partial charge < -0.3 is 0 Å². The van der Waals surface area contributed by atoms with Crippen molar-refractivity contribution in [2.24, 2.45) is 0 Å². The topological polar surface area (TPSA) is 63.2 Å². The van der Waals surface area contributed by atoms with Crippen molar-refractivity contribution in [3.8, 4) is 0 Å². The molecule has 0 amide bonds. The van der Waals surface area contributed by atoms with Gasteiger partial charge in [0.1, 0.15) is 15.9 Å². The molecule has 8 heteroatoms. The Labute approximate surface area is 131 Å². The molecule has 2 aromatic heterocycles. The van der Waals surface area contributed by atoms with Crippen molar-refractivity contribution in [3.05, 3.63) is 40.6 Å². The fraction of sp³-hybridized carbons (Fsp3) is 0.231. The van der Waals surface area contributed by atoms with Crippen LogP contribution in [0.2, 0.25) is 0 Å². The van der Waals surface area contributed by atoms with Crippen LogP contribution in [0.3, 0.4) is 0 Å². The van der Waals surface area contributed by atoms with Crippen LogP contribution in [0.15, 0.2) is 40.6 Å². The third kappa shape index (κ3) is 2.71. The number of nitrogens with zero attached hydrogens (tertiary/aromatic N) is 3. The smallest absolute Gasteiger partial charge is 0.207 e. The molecule has 0 unspecified atom stereocenters. The van der Waals surface area contributed by atoms with Gasteiger partial charge in [-0.25, -0.2) is 8.42 Å². The highest BCUT2D eigenvalue weighted by Crippen LogP contribution is 2.26. The van der Waals surface area contributed by atoms with Crippen LogP contribution in [-0.4, -0.2) is 28.0 Å². The summed E-state index contributed by atoms with van der Waals surface area (Å²) in [5, 5.41) is 1.95. The van der Waals surface area contributed by atoms with E-state index in [1.807, 2.05) is 24.4 Å². The molecule has 0 aliphatic carbocycles. The number of hydrogen-bond donors (Lipinski definition) is 0. The molecule has 0 aliphatic heterocycles. The minimum atomic E-state index is -3.58. The Hall–Kier alpha value is -1.35. The molecule has 3 aromatic rings. The van der Waals surface area contributed by atoms with Crippen LogP contribution in [-0.2, 0) is 16.6 Å². The molecule has 110 valence electrons. The Kier molecular flexibility index (Phi) is 4.03. The van der Waals surface area contributed by atoms with E-state index < -0.39 is 10.0 Å². The van der Waals surface area contributed by atoms with Gasteiger partial charge in [0, 0.05) is 18.0 Å². The third-order valence-electron chi connectivity index (χ3n) is 3.13. The first kappa shape index (κ1) is 14.6. The highest BCUT2D eigenvalue weighted by atomic mass is 32.2. The fourth-order valence-electron chi connectivity index (χ4n) is 2.07. The predicted octanol–water partition coefficient (Wildman–Crippen LogP) is 2.96. The van der Waals surface area contributed by atoms with E-state index in [-0.39, 0.29) is 4.90 Å². The first-order valence-electron chi connectivity index (χ1n) is 6.36. The van der Waals surface area contributed by atoms with Gasteiger partial charge in [-0.05, 0) is 23.6 Å². The predicted molar refractivity (Wildman–Crippen MR) is 85.0 cm³/mol. The second kappa shape index (κ2) is 5.80. The Morgan fingerprint density at radius 2 is 2.05 bits per heavy atom. The zero-order chi connectivity index (χ0) is 14.9. The van der Waals surface area contributed by atoms with Crippen LogP contribution in [0.4, 0.5) is 0 Å². The first-order valence-corrected chi connectivity index (χ1v) is 9.41. The summed E-state index contributed by atoms with van der Waals surface area (Å²) in [6, 6.07) is 8.93. The average Bonchev–Trinajstić information content (AvgIpc) is 3.14. The van der Waals surface area contributed by atoms with E-state index in [1.54, 1.807) is 29.5 Å². The van der Waals surface area contributed by atoms with Gasteiger partial charge in [0.15, 0.2) is 0 Å². The summed E-state index contributed by atoms with van der Waals surface area (Å²) < 4.78 is 35.4. The van der Waals surface area contributed by atoms with Crippen molar-refractivity contribution in [3.63, 3.8) is 0 Å². The fourth-order valence-corrected chi connectivity index (χ4v) is 5.05. The number of rotatable bonds is 5. The summed E-state index contributed by atoms with van der Waals surface area (Å²) in [7, 11) is -3.58. The van der Waals surface area contributed by atoms with Gasteiger partial charge >= 0.3 is 0 Å².